The summed E-state index contributed by atoms with van der Waals surface area (Å²) in [5.74, 6) is 0. The normalized spacial score (nSPS) is 18.8. The van der Waals surface area contributed by atoms with Crippen LogP contribution in [0.5, 0.6) is 0 Å². The molecule has 0 spiro atoms. The van der Waals surface area contributed by atoms with Crippen molar-refractivity contribution in [3.8, 4) is 0 Å². The number of allylic oxidation sites excluding steroid dienone is 4. The summed E-state index contributed by atoms with van der Waals surface area (Å²) in [6.07, 6.45) is 7.49. The van der Waals surface area contributed by atoms with Crippen LogP contribution in [0.4, 0.5) is 0 Å². The summed E-state index contributed by atoms with van der Waals surface area (Å²) in [4.78, 5) is 0. The Labute approximate surface area is 78.7 Å². The molecule has 1 aliphatic rings. The van der Waals surface area contributed by atoms with Crippen molar-refractivity contribution in [3.05, 3.63) is 35.7 Å². The van der Waals surface area contributed by atoms with Crippen molar-refractivity contribution >= 4 is 5.71 Å². The molecule has 0 radical (unpaired) electrons. The van der Waals surface area contributed by atoms with Gasteiger partial charge >= 0.3 is 0 Å². The summed E-state index contributed by atoms with van der Waals surface area (Å²) in [6.45, 7) is 2.95. The third-order valence-electron chi connectivity index (χ3n) is 1.73. The maximum absolute atomic E-state index is 7.60. The van der Waals surface area contributed by atoms with E-state index in [2.05, 4.69) is 17.6 Å². The second-order valence-electron chi connectivity index (χ2n) is 2.77. The largest absolute Gasteiger partial charge is 0.393 e. The van der Waals surface area contributed by atoms with Gasteiger partial charge in [-0.25, -0.2) is 0 Å². The van der Waals surface area contributed by atoms with Crippen molar-refractivity contribution in [2.75, 3.05) is 13.6 Å². The van der Waals surface area contributed by atoms with E-state index in [1.807, 2.05) is 25.4 Å². The molecule has 0 aromatic carbocycles. The van der Waals surface area contributed by atoms with Gasteiger partial charge in [-0.2, -0.15) is 0 Å². The van der Waals surface area contributed by atoms with Gasteiger partial charge in [0, 0.05) is 31.1 Å². The fraction of sp³-hybridized carbons (Fsp3) is 0.300. The molecule has 0 atom stereocenters. The van der Waals surface area contributed by atoms with Gasteiger partial charge in [0.2, 0.25) is 0 Å². The molecule has 0 amide bonds. The summed E-state index contributed by atoms with van der Waals surface area (Å²) < 4.78 is 0. The van der Waals surface area contributed by atoms with E-state index in [1.165, 1.54) is 0 Å². The first-order valence-corrected chi connectivity index (χ1v) is 4.38. The third kappa shape index (κ3) is 2.47. The number of hydrogen-bond donors (Lipinski definition) is 3. The lowest BCUT2D eigenvalue weighted by atomic mass is 10.0. The van der Waals surface area contributed by atoms with Crippen LogP contribution < -0.4 is 10.6 Å². The second kappa shape index (κ2) is 4.50. The molecule has 0 bridgehead atoms. The van der Waals surface area contributed by atoms with Crippen LogP contribution in [0.15, 0.2) is 35.7 Å². The van der Waals surface area contributed by atoms with Gasteiger partial charge in [0.05, 0.1) is 5.71 Å². The Balaban J connectivity index is 2.80. The van der Waals surface area contributed by atoms with Gasteiger partial charge in [0.15, 0.2) is 0 Å². The van der Waals surface area contributed by atoms with Crippen molar-refractivity contribution in [2.24, 2.45) is 0 Å². The number of hydrogen-bond acceptors (Lipinski definition) is 3. The maximum Gasteiger partial charge on any atom is 0.0628 e. The van der Waals surface area contributed by atoms with Crippen molar-refractivity contribution in [1.82, 2.24) is 10.6 Å². The van der Waals surface area contributed by atoms with E-state index in [0.29, 0.717) is 5.71 Å². The zero-order valence-electron chi connectivity index (χ0n) is 8.02. The molecule has 1 aliphatic carbocycles. The van der Waals surface area contributed by atoms with Crippen LogP contribution in [-0.2, 0) is 0 Å². The van der Waals surface area contributed by atoms with Crippen LogP contribution in [0.1, 0.15) is 6.92 Å². The van der Waals surface area contributed by atoms with Gasteiger partial charge in [-0.1, -0.05) is 0 Å². The summed E-state index contributed by atoms with van der Waals surface area (Å²) in [6, 6.07) is 0. The van der Waals surface area contributed by atoms with Crippen molar-refractivity contribution in [2.45, 2.75) is 6.92 Å². The standard InChI is InChI=1S/C10H15N3/c1-3-13-9-4-5-10(11)8(6-9)7-12-2/h4-7,11-13H,3H2,1-2H3/b8-7-,11-10?. The third-order valence-corrected chi connectivity index (χ3v) is 1.73. The minimum atomic E-state index is 0.538. The summed E-state index contributed by atoms with van der Waals surface area (Å²) in [7, 11) is 1.83. The lowest BCUT2D eigenvalue weighted by Gasteiger charge is -2.11. The van der Waals surface area contributed by atoms with E-state index in [1.54, 1.807) is 6.08 Å². The molecule has 0 aromatic heterocycles. The smallest absolute Gasteiger partial charge is 0.0628 e. The molecule has 0 heterocycles. The van der Waals surface area contributed by atoms with Gasteiger partial charge in [-0.05, 0) is 25.2 Å². The van der Waals surface area contributed by atoms with Crippen LogP contribution in [0.3, 0.4) is 0 Å². The molecule has 70 valence electrons. The molecular weight excluding hydrogens is 162 g/mol. The number of nitrogens with one attached hydrogen (secondary N) is 3. The molecule has 0 unspecified atom stereocenters. The maximum atomic E-state index is 7.60. The lowest BCUT2D eigenvalue weighted by Crippen LogP contribution is -2.15. The molecule has 0 fully saturated rings. The lowest BCUT2D eigenvalue weighted by molar-refractivity contribution is 0.876. The van der Waals surface area contributed by atoms with E-state index >= 15 is 0 Å². The molecule has 3 heteroatoms. The molecule has 0 saturated carbocycles. The molecule has 13 heavy (non-hydrogen) atoms. The molecule has 1 rings (SSSR count). The van der Waals surface area contributed by atoms with Crippen LogP contribution in [-0.4, -0.2) is 19.3 Å². The van der Waals surface area contributed by atoms with Crippen molar-refractivity contribution in [1.29, 1.82) is 5.41 Å². The number of rotatable bonds is 3. The fourth-order valence-corrected chi connectivity index (χ4v) is 1.15. The highest BCUT2D eigenvalue weighted by molar-refractivity contribution is 6.09. The predicted molar refractivity (Wildman–Crippen MR) is 55.8 cm³/mol. The van der Waals surface area contributed by atoms with Gasteiger partial charge < -0.3 is 16.0 Å². The van der Waals surface area contributed by atoms with E-state index in [4.69, 9.17) is 5.41 Å². The quantitative estimate of drug-likeness (QED) is 0.606. The Morgan fingerprint density at radius 3 is 2.85 bits per heavy atom. The van der Waals surface area contributed by atoms with Crippen LogP contribution in [0.2, 0.25) is 0 Å². The Bertz CT molecular complexity index is 285. The zero-order chi connectivity index (χ0) is 9.68. The highest BCUT2D eigenvalue weighted by Crippen LogP contribution is 2.10. The first-order chi connectivity index (χ1) is 6.27. The molecule has 0 saturated heterocycles. The molecular formula is C10H15N3. The topological polar surface area (TPSA) is 47.9 Å². The van der Waals surface area contributed by atoms with Gasteiger partial charge in [0.1, 0.15) is 0 Å². The first kappa shape index (κ1) is 9.58. The Kier molecular flexibility index (Phi) is 3.31. The Morgan fingerprint density at radius 2 is 2.23 bits per heavy atom. The van der Waals surface area contributed by atoms with Gasteiger partial charge in [-0.3, -0.25) is 0 Å². The second-order valence-corrected chi connectivity index (χ2v) is 2.77. The minimum Gasteiger partial charge on any atom is -0.393 e. The Hall–Kier alpha value is -1.51. The fourth-order valence-electron chi connectivity index (χ4n) is 1.15. The van der Waals surface area contributed by atoms with E-state index in [0.717, 1.165) is 17.8 Å². The summed E-state index contributed by atoms with van der Waals surface area (Å²) >= 11 is 0. The predicted octanol–water partition coefficient (Wildman–Crippen LogP) is 1.17. The first-order valence-electron chi connectivity index (χ1n) is 4.38. The summed E-state index contributed by atoms with van der Waals surface area (Å²) in [5.41, 5.74) is 2.50. The van der Waals surface area contributed by atoms with Crippen molar-refractivity contribution in [3.63, 3.8) is 0 Å². The molecule has 0 aromatic rings. The minimum absolute atomic E-state index is 0.538. The monoisotopic (exact) mass is 177 g/mol. The van der Waals surface area contributed by atoms with Gasteiger partial charge in [-0.15, -0.1) is 0 Å². The average Bonchev–Trinajstić information content (AvgIpc) is 2.12. The molecule has 3 nitrogen and oxygen atoms in total. The summed E-state index contributed by atoms with van der Waals surface area (Å²) in [5, 5.41) is 13.7. The van der Waals surface area contributed by atoms with Crippen LogP contribution in [0.25, 0.3) is 0 Å². The van der Waals surface area contributed by atoms with Crippen LogP contribution >= 0.6 is 0 Å². The zero-order valence-corrected chi connectivity index (χ0v) is 8.02. The van der Waals surface area contributed by atoms with Crippen LogP contribution in [0, 0.1) is 5.41 Å². The van der Waals surface area contributed by atoms with Gasteiger partial charge in [0.25, 0.3) is 0 Å². The SMILES string of the molecule is CCNC1=C/C(=C/NC)C(=N)C=C1. The molecule has 0 aliphatic heterocycles. The van der Waals surface area contributed by atoms with E-state index in [9.17, 15) is 0 Å². The number of likely N-dealkylation sites (N-methyl/N-ethyl adjacent to an activating group) is 1. The average molecular weight is 177 g/mol. The van der Waals surface area contributed by atoms with Crippen molar-refractivity contribution < 1.29 is 0 Å². The highest BCUT2D eigenvalue weighted by Gasteiger charge is 2.05. The molecule has 3 N–H and O–H groups in total. The van der Waals surface area contributed by atoms with E-state index in [-0.39, 0.29) is 0 Å². The highest BCUT2D eigenvalue weighted by atomic mass is 14.9. The Morgan fingerprint density at radius 1 is 1.46 bits per heavy atom. The van der Waals surface area contributed by atoms with E-state index < -0.39 is 0 Å².